The molecule has 0 saturated heterocycles. The molecule has 3 heteroatoms. The van der Waals surface area contributed by atoms with Gasteiger partial charge in [-0.05, 0) is 31.6 Å². The van der Waals surface area contributed by atoms with E-state index in [1.54, 1.807) is 0 Å². The summed E-state index contributed by atoms with van der Waals surface area (Å²) in [7, 11) is 0. The molecule has 1 amide bonds. The molecule has 0 aromatic rings. The maximum atomic E-state index is 12.2. The molecular weight excluding hydrogens is 212 g/mol. The third-order valence-corrected chi connectivity index (χ3v) is 3.93. The van der Waals surface area contributed by atoms with Crippen molar-refractivity contribution < 1.29 is 4.79 Å². The van der Waals surface area contributed by atoms with E-state index in [2.05, 4.69) is 19.2 Å². The predicted molar refractivity (Wildman–Crippen MR) is 71.7 cm³/mol. The van der Waals surface area contributed by atoms with Gasteiger partial charge in [-0.25, -0.2) is 0 Å². The van der Waals surface area contributed by atoms with Crippen molar-refractivity contribution >= 4 is 5.91 Å². The third-order valence-electron chi connectivity index (χ3n) is 3.93. The van der Waals surface area contributed by atoms with E-state index >= 15 is 0 Å². The number of carbonyl (C=O) groups is 1. The van der Waals surface area contributed by atoms with Crippen LogP contribution in [0.3, 0.4) is 0 Å². The second kappa shape index (κ2) is 7.00. The van der Waals surface area contributed by atoms with Gasteiger partial charge in [0.25, 0.3) is 0 Å². The first-order chi connectivity index (χ1) is 8.10. The lowest BCUT2D eigenvalue weighted by Gasteiger charge is -2.34. The topological polar surface area (TPSA) is 55.1 Å². The smallest absolute Gasteiger partial charge is 0.227 e. The summed E-state index contributed by atoms with van der Waals surface area (Å²) in [5.74, 6) is 0.911. The van der Waals surface area contributed by atoms with E-state index in [1.807, 2.05) is 0 Å². The Morgan fingerprint density at radius 3 is 2.47 bits per heavy atom. The zero-order chi connectivity index (χ0) is 12.7. The van der Waals surface area contributed by atoms with Crippen molar-refractivity contribution in [3.8, 4) is 0 Å². The largest absolute Gasteiger partial charge is 0.356 e. The van der Waals surface area contributed by atoms with Crippen LogP contribution in [0.15, 0.2) is 0 Å². The highest BCUT2D eigenvalue weighted by Crippen LogP contribution is 2.35. The minimum atomic E-state index is -0.254. The number of nitrogens with one attached hydrogen (secondary N) is 1. The van der Waals surface area contributed by atoms with Crippen LogP contribution in [0.5, 0.6) is 0 Å². The van der Waals surface area contributed by atoms with Crippen LogP contribution < -0.4 is 11.1 Å². The Labute approximate surface area is 106 Å². The molecule has 0 unspecified atom stereocenters. The fourth-order valence-electron chi connectivity index (χ4n) is 2.65. The van der Waals surface area contributed by atoms with E-state index in [9.17, 15) is 4.79 Å². The molecule has 17 heavy (non-hydrogen) atoms. The number of carbonyl (C=O) groups excluding carboxylic acids is 1. The Morgan fingerprint density at radius 1 is 1.29 bits per heavy atom. The van der Waals surface area contributed by atoms with Gasteiger partial charge in [0.15, 0.2) is 0 Å². The highest BCUT2D eigenvalue weighted by molar-refractivity contribution is 5.82. The number of amides is 1. The molecular formula is C14H28N2O. The van der Waals surface area contributed by atoms with Crippen molar-refractivity contribution in [2.45, 2.75) is 58.8 Å². The van der Waals surface area contributed by atoms with Crippen LogP contribution in [0.4, 0.5) is 0 Å². The third kappa shape index (κ3) is 4.30. The normalized spacial score (nSPS) is 19.3. The van der Waals surface area contributed by atoms with E-state index in [-0.39, 0.29) is 11.3 Å². The number of hydrogen-bond donors (Lipinski definition) is 2. The van der Waals surface area contributed by atoms with Crippen LogP contribution in [0.2, 0.25) is 0 Å². The fraction of sp³-hybridized carbons (Fsp3) is 0.929. The van der Waals surface area contributed by atoms with Gasteiger partial charge in [0.2, 0.25) is 5.91 Å². The fourth-order valence-corrected chi connectivity index (χ4v) is 2.65. The summed E-state index contributed by atoms with van der Waals surface area (Å²) in [6, 6.07) is 0. The first-order valence-electron chi connectivity index (χ1n) is 7.09. The van der Waals surface area contributed by atoms with Crippen molar-refractivity contribution in [2.75, 3.05) is 13.1 Å². The van der Waals surface area contributed by atoms with Gasteiger partial charge < -0.3 is 11.1 Å². The molecule has 1 rings (SSSR count). The Morgan fingerprint density at radius 2 is 1.94 bits per heavy atom. The summed E-state index contributed by atoms with van der Waals surface area (Å²) >= 11 is 0. The molecule has 3 N–H and O–H groups in total. The molecule has 0 spiro atoms. The van der Waals surface area contributed by atoms with Gasteiger partial charge >= 0.3 is 0 Å². The zero-order valence-corrected chi connectivity index (χ0v) is 11.4. The minimum absolute atomic E-state index is 0.198. The van der Waals surface area contributed by atoms with Gasteiger partial charge in [-0.15, -0.1) is 0 Å². The predicted octanol–water partition coefficient (Wildman–Crippen LogP) is 2.45. The van der Waals surface area contributed by atoms with Crippen LogP contribution >= 0.6 is 0 Å². The summed E-state index contributed by atoms with van der Waals surface area (Å²) in [6.45, 7) is 5.73. The molecule has 0 aromatic carbocycles. The average molecular weight is 240 g/mol. The minimum Gasteiger partial charge on any atom is -0.356 e. The van der Waals surface area contributed by atoms with Gasteiger partial charge in [0, 0.05) is 13.1 Å². The number of rotatable bonds is 6. The average Bonchev–Trinajstić information content (AvgIpc) is 2.35. The Hall–Kier alpha value is -0.570. The number of nitrogens with two attached hydrogens (primary N) is 1. The zero-order valence-electron chi connectivity index (χ0n) is 11.4. The van der Waals surface area contributed by atoms with Crippen molar-refractivity contribution in [3.63, 3.8) is 0 Å². The molecule has 100 valence electrons. The maximum Gasteiger partial charge on any atom is 0.227 e. The monoisotopic (exact) mass is 240 g/mol. The Balaban J connectivity index is 2.33. The molecule has 0 bridgehead atoms. The van der Waals surface area contributed by atoms with Crippen molar-refractivity contribution in [1.82, 2.24) is 5.32 Å². The highest BCUT2D eigenvalue weighted by Gasteiger charge is 2.37. The lowest BCUT2D eigenvalue weighted by Crippen LogP contribution is -2.47. The summed E-state index contributed by atoms with van der Waals surface area (Å²) < 4.78 is 0. The molecule has 0 atom stereocenters. The molecule has 1 fully saturated rings. The molecule has 1 saturated carbocycles. The van der Waals surface area contributed by atoms with Crippen molar-refractivity contribution in [1.29, 1.82) is 0 Å². The molecule has 0 aliphatic heterocycles. The molecule has 3 nitrogen and oxygen atoms in total. The highest BCUT2D eigenvalue weighted by atomic mass is 16.2. The van der Waals surface area contributed by atoms with Crippen molar-refractivity contribution in [3.05, 3.63) is 0 Å². The second-order valence-electron chi connectivity index (χ2n) is 5.84. The van der Waals surface area contributed by atoms with Crippen LogP contribution in [-0.2, 0) is 4.79 Å². The summed E-state index contributed by atoms with van der Waals surface area (Å²) in [5.41, 5.74) is 5.58. The summed E-state index contributed by atoms with van der Waals surface area (Å²) in [6.07, 6.45) is 7.74. The van der Waals surface area contributed by atoms with Crippen LogP contribution in [0.25, 0.3) is 0 Å². The first-order valence-corrected chi connectivity index (χ1v) is 7.09. The van der Waals surface area contributed by atoms with Crippen LogP contribution in [0, 0.1) is 11.3 Å². The van der Waals surface area contributed by atoms with E-state index in [1.165, 1.54) is 12.8 Å². The van der Waals surface area contributed by atoms with Crippen molar-refractivity contribution in [2.24, 2.45) is 17.1 Å². The molecule has 1 aliphatic rings. The molecule has 0 radical (unpaired) electrons. The lowest BCUT2D eigenvalue weighted by molar-refractivity contribution is -0.132. The van der Waals surface area contributed by atoms with E-state index in [0.29, 0.717) is 12.5 Å². The lowest BCUT2D eigenvalue weighted by atomic mass is 9.73. The Kier molecular flexibility index (Phi) is 5.96. The van der Waals surface area contributed by atoms with Crippen LogP contribution in [-0.4, -0.2) is 19.0 Å². The standard InChI is InChI=1S/C14H28N2O/c1-12(2)7-6-10-16-13(17)14(11-15)8-4-3-5-9-14/h12H,3-11,15H2,1-2H3,(H,16,17). The molecule has 0 aromatic heterocycles. The first kappa shape index (κ1) is 14.5. The molecule has 1 aliphatic carbocycles. The van der Waals surface area contributed by atoms with Gasteiger partial charge in [0.1, 0.15) is 0 Å². The van der Waals surface area contributed by atoms with Crippen LogP contribution in [0.1, 0.15) is 58.8 Å². The molecule has 0 heterocycles. The van der Waals surface area contributed by atoms with E-state index < -0.39 is 0 Å². The van der Waals surface area contributed by atoms with E-state index in [0.717, 1.165) is 38.6 Å². The Bertz CT molecular complexity index is 232. The maximum absolute atomic E-state index is 12.2. The van der Waals surface area contributed by atoms with Gasteiger partial charge in [0.05, 0.1) is 5.41 Å². The van der Waals surface area contributed by atoms with Gasteiger partial charge in [-0.3, -0.25) is 4.79 Å². The SMILES string of the molecule is CC(C)CCCNC(=O)C1(CN)CCCCC1. The second-order valence-corrected chi connectivity index (χ2v) is 5.84. The quantitative estimate of drug-likeness (QED) is 0.701. The summed E-state index contributed by atoms with van der Waals surface area (Å²) in [5, 5.41) is 3.08. The summed E-state index contributed by atoms with van der Waals surface area (Å²) in [4.78, 5) is 12.2. The van der Waals surface area contributed by atoms with Gasteiger partial charge in [-0.2, -0.15) is 0 Å². The van der Waals surface area contributed by atoms with E-state index in [4.69, 9.17) is 5.73 Å². The van der Waals surface area contributed by atoms with Gasteiger partial charge in [-0.1, -0.05) is 33.1 Å². The number of hydrogen-bond acceptors (Lipinski definition) is 2.